The van der Waals surface area contributed by atoms with Crippen molar-refractivity contribution in [1.29, 1.82) is 0 Å². The first-order chi connectivity index (χ1) is 9.51. The Morgan fingerprint density at radius 3 is 2.70 bits per heavy atom. The third-order valence-electron chi connectivity index (χ3n) is 2.63. The lowest BCUT2D eigenvalue weighted by atomic mass is 10.1. The average molecular weight is 420 g/mol. The Morgan fingerprint density at radius 1 is 1.40 bits per heavy atom. The van der Waals surface area contributed by atoms with Gasteiger partial charge in [-0.05, 0) is 56.1 Å². The zero-order valence-corrected chi connectivity index (χ0v) is 14.6. The molecule has 0 bridgehead atoms. The van der Waals surface area contributed by atoms with Crippen molar-refractivity contribution in [3.63, 3.8) is 0 Å². The van der Waals surface area contributed by atoms with E-state index in [-0.39, 0.29) is 0 Å². The summed E-state index contributed by atoms with van der Waals surface area (Å²) in [5.74, 6) is 0.210. The van der Waals surface area contributed by atoms with Crippen LogP contribution in [0.2, 0.25) is 0 Å². The number of anilines is 1. The zero-order chi connectivity index (χ0) is 14.7. The maximum absolute atomic E-state index is 11.2. The molecule has 0 atom stereocenters. The molecule has 7 heteroatoms. The summed E-state index contributed by atoms with van der Waals surface area (Å²) in [5, 5.41) is 3.25. The molecule has 0 spiro atoms. The Balaban J connectivity index is 2.18. The monoisotopic (exact) mass is 418 g/mol. The van der Waals surface area contributed by atoms with Gasteiger partial charge in [-0.15, -0.1) is 11.3 Å². The van der Waals surface area contributed by atoms with Crippen molar-refractivity contribution < 1.29 is 9.53 Å². The molecule has 106 valence electrons. The van der Waals surface area contributed by atoms with Gasteiger partial charge in [0, 0.05) is 21.5 Å². The number of benzene rings is 1. The van der Waals surface area contributed by atoms with E-state index in [9.17, 15) is 4.79 Å². The second kappa shape index (κ2) is 6.60. The van der Waals surface area contributed by atoms with E-state index in [0.29, 0.717) is 17.9 Å². The number of hydrogen-bond acceptors (Lipinski definition) is 4. The number of ether oxygens (including phenoxy) is 1. The first-order valence-electron chi connectivity index (χ1n) is 5.66. The molecule has 1 aromatic heterocycles. The number of carbonyl (C=O) groups is 1. The fraction of sp³-hybridized carbons (Fsp3) is 0.154. The van der Waals surface area contributed by atoms with Crippen LogP contribution in [0, 0.1) is 0 Å². The summed E-state index contributed by atoms with van der Waals surface area (Å²) < 4.78 is 7.34. The van der Waals surface area contributed by atoms with E-state index in [4.69, 9.17) is 10.5 Å². The predicted molar refractivity (Wildman–Crippen MR) is 88.6 cm³/mol. The van der Waals surface area contributed by atoms with E-state index in [0.717, 1.165) is 18.8 Å². The third-order valence-corrected chi connectivity index (χ3v) is 5.89. The molecule has 2 aromatic rings. The molecule has 0 aliphatic carbocycles. The zero-order valence-electron chi connectivity index (χ0n) is 10.6. The summed E-state index contributed by atoms with van der Waals surface area (Å²) in [6.07, 6.45) is 0. The second-order valence-electron chi connectivity index (χ2n) is 3.97. The molecule has 3 N–H and O–H groups in total. The highest BCUT2D eigenvalue weighted by Gasteiger charge is 2.09. The topological polar surface area (TPSA) is 64.3 Å². The van der Waals surface area contributed by atoms with E-state index in [1.54, 1.807) is 36.6 Å². The fourth-order valence-corrected chi connectivity index (χ4v) is 3.78. The van der Waals surface area contributed by atoms with Crippen molar-refractivity contribution >= 4 is 54.8 Å². The van der Waals surface area contributed by atoms with Crippen molar-refractivity contribution in [2.75, 3.05) is 12.4 Å². The van der Waals surface area contributed by atoms with Gasteiger partial charge in [0.15, 0.2) is 0 Å². The normalized spacial score (nSPS) is 10.3. The first-order valence-corrected chi connectivity index (χ1v) is 8.07. The van der Waals surface area contributed by atoms with Gasteiger partial charge in [-0.1, -0.05) is 0 Å². The average Bonchev–Trinajstić information content (AvgIpc) is 2.75. The number of nitrogens with one attached hydrogen (secondary N) is 1. The van der Waals surface area contributed by atoms with Gasteiger partial charge in [-0.25, -0.2) is 0 Å². The van der Waals surface area contributed by atoms with Crippen molar-refractivity contribution in [2.24, 2.45) is 5.73 Å². The Morgan fingerprint density at radius 2 is 2.15 bits per heavy atom. The first kappa shape index (κ1) is 15.3. The largest absolute Gasteiger partial charge is 0.495 e. The minimum atomic E-state index is -0.461. The van der Waals surface area contributed by atoms with Crippen LogP contribution in [0.5, 0.6) is 5.75 Å². The van der Waals surface area contributed by atoms with Gasteiger partial charge in [0.25, 0.3) is 0 Å². The summed E-state index contributed by atoms with van der Waals surface area (Å²) in [4.78, 5) is 12.4. The highest BCUT2D eigenvalue weighted by atomic mass is 79.9. The number of methoxy groups -OCH3 is 1. The molecule has 20 heavy (non-hydrogen) atoms. The minimum absolute atomic E-state index is 0.446. The maximum atomic E-state index is 11.2. The SMILES string of the molecule is COc1ccc(C(N)=O)cc1NCc1cc(Br)c(Br)s1. The lowest BCUT2D eigenvalue weighted by Gasteiger charge is -2.11. The third kappa shape index (κ3) is 3.53. The van der Waals surface area contributed by atoms with Crippen LogP contribution in [0.4, 0.5) is 5.69 Å². The molecule has 1 amide bonds. The van der Waals surface area contributed by atoms with Crippen molar-refractivity contribution in [3.05, 3.63) is 43.0 Å². The van der Waals surface area contributed by atoms with Crippen LogP contribution in [0.3, 0.4) is 0 Å². The molecule has 1 heterocycles. The highest BCUT2D eigenvalue weighted by molar-refractivity contribution is 9.13. The number of halogens is 2. The van der Waals surface area contributed by atoms with Crippen LogP contribution in [-0.4, -0.2) is 13.0 Å². The van der Waals surface area contributed by atoms with E-state index in [1.165, 1.54) is 0 Å². The number of rotatable bonds is 5. The van der Waals surface area contributed by atoms with Crippen LogP contribution in [0.25, 0.3) is 0 Å². The van der Waals surface area contributed by atoms with Crippen LogP contribution in [-0.2, 0) is 6.54 Å². The van der Waals surface area contributed by atoms with Gasteiger partial charge in [0.05, 0.1) is 16.6 Å². The van der Waals surface area contributed by atoms with Crippen LogP contribution >= 0.6 is 43.2 Å². The lowest BCUT2D eigenvalue weighted by Crippen LogP contribution is -2.11. The molecule has 0 saturated heterocycles. The summed E-state index contributed by atoms with van der Waals surface area (Å²) in [7, 11) is 1.59. The molecular weight excluding hydrogens is 408 g/mol. The lowest BCUT2D eigenvalue weighted by molar-refractivity contribution is 0.100. The molecule has 0 saturated carbocycles. The van der Waals surface area contributed by atoms with E-state index in [2.05, 4.69) is 37.2 Å². The quantitative estimate of drug-likeness (QED) is 0.769. The van der Waals surface area contributed by atoms with E-state index < -0.39 is 5.91 Å². The Labute approximate surface area is 137 Å². The Hall–Kier alpha value is -1.05. The number of hydrogen-bond donors (Lipinski definition) is 2. The Kier molecular flexibility index (Phi) is 5.06. The van der Waals surface area contributed by atoms with Gasteiger partial charge in [0.1, 0.15) is 5.75 Å². The van der Waals surface area contributed by atoms with E-state index >= 15 is 0 Å². The predicted octanol–water partition coefficient (Wildman–Crippen LogP) is 3.99. The van der Waals surface area contributed by atoms with Gasteiger partial charge in [0.2, 0.25) is 5.91 Å². The molecule has 0 unspecified atom stereocenters. The van der Waals surface area contributed by atoms with Crippen LogP contribution < -0.4 is 15.8 Å². The van der Waals surface area contributed by atoms with Crippen molar-refractivity contribution in [1.82, 2.24) is 0 Å². The maximum Gasteiger partial charge on any atom is 0.248 e. The smallest absolute Gasteiger partial charge is 0.248 e. The van der Waals surface area contributed by atoms with Crippen molar-refractivity contribution in [2.45, 2.75) is 6.54 Å². The molecule has 4 nitrogen and oxygen atoms in total. The van der Waals surface area contributed by atoms with Gasteiger partial charge < -0.3 is 15.8 Å². The number of amides is 1. The fourth-order valence-electron chi connectivity index (χ4n) is 1.66. The van der Waals surface area contributed by atoms with Crippen LogP contribution in [0.1, 0.15) is 15.2 Å². The summed E-state index contributed by atoms with van der Waals surface area (Å²) in [6.45, 7) is 0.632. The number of thiophene rings is 1. The molecule has 0 radical (unpaired) electrons. The number of nitrogens with two attached hydrogens (primary N) is 1. The molecule has 2 rings (SSSR count). The number of carbonyl (C=O) groups excluding carboxylic acids is 1. The minimum Gasteiger partial charge on any atom is -0.495 e. The highest BCUT2D eigenvalue weighted by Crippen LogP contribution is 2.33. The number of primary amides is 1. The van der Waals surface area contributed by atoms with Gasteiger partial charge in [-0.2, -0.15) is 0 Å². The molecule has 0 aliphatic heterocycles. The summed E-state index contributed by atoms with van der Waals surface area (Å²) >= 11 is 8.54. The standard InChI is InChI=1S/C13H12Br2N2O2S/c1-19-11-3-2-7(13(16)18)4-10(11)17-6-8-5-9(14)12(15)20-8/h2-5,17H,6H2,1H3,(H2,16,18). The molecule has 0 fully saturated rings. The van der Waals surface area contributed by atoms with Gasteiger partial charge >= 0.3 is 0 Å². The summed E-state index contributed by atoms with van der Waals surface area (Å²) in [5.41, 5.74) is 6.47. The van der Waals surface area contributed by atoms with Crippen LogP contribution in [0.15, 0.2) is 32.5 Å². The molecule has 0 aliphatic rings. The molecular formula is C13H12Br2N2O2S. The molecule has 1 aromatic carbocycles. The van der Waals surface area contributed by atoms with Crippen molar-refractivity contribution in [3.8, 4) is 5.75 Å². The second-order valence-corrected chi connectivity index (χ2v) is 7.28. The van der Waals surface area contributed by atoms with Gasteiger partial charge in [-0.3, -0.25) is 4.79 Å². The Bertz CT molecular complexity index is 624. The summed E-state index contributed by atoms with van der Waals surface area (Å²) in [6, 6.07) is 7.10. The van der Waals surface area contributed by atoms with E-state index in [1.807, 2.05) is 6.07 Å².